The van der Waals surface area contributed by atoms with Gasteiger partial charge in [-0.25, -0.2) is 4.39 Å². The molecule has 1 amide bonds. The normalized spacial score (nSPS) is 16.6. The van der Waals surface area contributed by atoms with Crippen molar-refractivity contribution in [1.82, 2.24) is 15.0 Å². The van der Waals surface area contributed by atoms with Gasteiger partial charge in [-0.1, -0.05) is 39.3 Å². The molecule has 144 valence electrons. The van der Waals surface area contributed by atoms with E-state index in [1.807, 2.05) is 24.3 Å². The first-order valence-corrected chi connectivity index (χ1v) is 9.56. The lowest BCUT2D eigenvalue weighted by Crippen LogP contribution is -2.27. The van der Waals surface area contributed by atoms with Crippen molar-refractivity contribution in [3.63, 3.8) is 0 Å². The number of para-hydroxylation sites is 1. The number of hydrogen-bond donors (Lipinski definition) is 0. The molecule has 0 saturated carbocycles. The number of carbonyl (C=O) groups is 1. The summed E-state index contributed by atoms with van der Waals surface area (Å²) in [5.74, 6) is 0.925. The Balaban J connectivity index is 1.61. The fraction of sp³-hybridized carbons (Fsp3) is 0.250. The molecule has 1 atom stereocenters. The Morgan fingerprint density at radius 1 is 1.32 bits per heavy atom. The number of aromatic nitrogens is 2. The standard InChI is InChI=1S/C20H17BrFN3O3/c1-27-17-5-3-2-4-14(17)19-23-20(28-24-19)16-8-9-18(26)25(16)11-12-6-7-13(21)10-15(12)22/h2-7,10,16H,8-9,11H2,1H3. The van der Waals surface area contributed by atoms with Gasteiger partial charge in [0.25, 0.3) is 0 Å². The van der Waals surface area contributed by atoms with E-state index in [4.69, 9.17) is 9.26 Å². The largest absolute Gasteiger partial charge is 0.496 e. The van der Waals surface area contributed by atoms with E-state index in [0.717, 1.165) is 0 Å². The molecule has 0 spiro atoms. The molecule has 2 aromatic carbocycles. The molecule has 0 N–H and O–H groups in total. The van der Waals surface area contributed by atoms with Crippen LogP contribution in [0.1, 0.15) is 30.3 Å². The van der Waals surface area contributed by atoms with Gasteiger partial charge in [0.2, 0.25) is 17.6 Å². The number of methoxy groups -OCH3 is 1. The highest BCUT2D eigenvalue weighted by Crippen LogP contribution is 2.35. The summed E-state index contributed by atoms with van der Waals surface area (Å²) in [6, 6.07) is 11.8. The maximum Gasteiger partial charge on any atom is 0.249 e. The predicted molar refractivity (Wildman–Crippen MR) is 103 cm³/mol. The Kier molecular flexibility index (Phi) is 5.13. The van der Waals surface area contributed by atoms with E-state index in [2.05, 4.69) is 26.1 Å². The summed E-state index contributed by atoms with van der Waals surface area (Å²) in [5, 5.41) is 4.05. The number of benzene rings is 2. The van der Waals surface area contributed by atoms with Gasteiger partial charge in [0.1, 0.15) is 17.6 Å². The highest BCUT2D eigenvalue weighted by Gasteiger charge is 2.36. The van der Waals surface area contributed by atoms with Gasteiger partial charge >= 0.3 is 0 Å². The Labute approximate surface area is 169 Å². The molecule has 0 aliphatic carbocycles. The van der Waals surface area contributed by atoms with Gasteiger partial charge in [0, 0.05) is 23.0 Å². The van der Waals surface area contributed by atoms with Crippen LogP contribution in [-0.4, -0.2) is 28.1 Å². The van der Waals surface area contributed by atoms with E-state index in [1.165, 1.54) is 6.07 Å². The number of ether oxygens (including phenoxy) is 1. The van der Waals surface area contributed by atoms with Crippen LogP contribution in [0.4, 0.5) is 4.39 Å². The minimum atomic E-state index is -0.383. The van der Waals surface area contributed by atoms with Crippen LogP contribution in [-0.2, 0) is 11.3 Å². The van der Waals surface area contributed by atoms with Gasteiger partial charge in [0.15, 0.2) is 0 Å². The number of carbonyl (C=O) groups excluding carboxylic acids is 1. The van der Waals surface area contributed by atoms with Crippen LogP contribution < -0.4 is 4.74 Å². The zero-order valence-corrected chi connectivity index (χ0v) is 16.6. The summed E-state index contributed by atoms with van der Waals surface area (Å²) < 4.78 is 25.7. The van der Waals surface area contributed by atoms with Crippen LogP contribution in [0, 0.1) is 5.82 Å². The second-order valence-corrected chi connectivity index (χ2v) is 7.38. The Morgan fingerprint density at radius 3 is 2.93 bits per heavy atom. The number of rotatable bonds is 5. The summed E-state index contributed by atoms with van der Waals surface area (Å²) in [7, 11) is 1.57. The minimum absolute atomic E-state index is 0.0654. The van der Waals surface area contributed by atoms with Crippen LogP contribution in [0.15, 0.2) is 51.5 Å². The fourth-order valence-corrected chi connectivity index (χ4v) is 3.66. The van der Waals surface area contributed by atoms with Crippen molar-refractivity contribution in [2.24, 2.45) is 0 Å². The molecule has 1 fully saturated rings. The summed E-state index contributed by atoms with van der Waals surface area (Å²) in [4.78, 5) is 18.5. The molecule has 4 rings (SSSR count). The highest BCUT2D eigenvalue weighted by molar-refractivity contribution is 9.10. The third kappa shape index (κ3) is 3.52. The fourth-order valence-electron chi connectivity index (χ4n) is 3.33. The molecule has 1 unspecified atom stereocenters. The zero-order chi connectivity index (χ0) is 19.7. The number of nitrogens with zero attached hydrogens (tertiary/aromatic N) is 3. The zero-order valence-electron chi connectivity index (χ0n) is 15.1. The molecular formula is C20H17BrFN3O3. The van der Waals surface area contributed by atoms with E-state index in [-0.39, 0.29) is 24.3 Å². The third-order valence-electron chi connectivity index (χ3n) is 4.76. The lowest BCUT2D eigenvalue weighted by molar-refractivity contribution is -0.130. The number of halogens is 2. The first-order valence-electron chi connectivity index (χ1n) is 8.77. The topological polar surface area (TPSA) is 68.5 Å². The van der Waals surface area contributed by atoms with Crippen LogP contribution in [0.2, 0.25) is 0 Å². The maximum absolute atomic E-state index is 14.2. The van der Waals surface area contributed by atoms with E-state index < -0.39 is 0 Å². The first kappa shape index (κ1) is 18.6. The molecule has 1 aliphatic heterocycles. The van der Waals surface area contributed by atoms with Crippen molar-refractivity contribution >= 4 is 21.8 Å². The van der Waals surface area contributed by atoms with Gasteiger partial charge in [-0.05, 0) is 30.7 Å². The van der Waals surface area contributed by atoms with E-state index in [1.54, 1.807) is 24.1 Å². The third-order valence-corrected chi connectivity index (χ3v) is 5.25. The molecule has 3 aromatic rings. The average molecular weight is 446 g/mol. The van der Waals surface area contributed by atoms with Gasteiger partial charge in [-0.15, -0.1) is 0 Å². The number of likely N-dealkylation sites (tertiary alicyclic amines) is 1. The monoisotopic (exact) mass is 445 g/mol. The van der Waals surface area contributed by atoms with E-state index in [9.17, 15) is 9.18 Å². The molecule has 0 bridgehead atoms. The molecule has 0 radical (unpaired) electrons. The van der Waals surface area contributed by atoms with Crippen molar-refractivity contribution < 1.29 is 18.4 Å². The Morgan fingerprint density at radius 2 is 2.14 bits per heavy atom. The average Bonchev–Trinajstić information content (AvgIpc) is 3.31. The predicted octanol–water partition coefficient (Wildman–Crippen LogP) is 4.51. The minimum Gasteiger partial charge on any atom is -0.496 e. The van der Waals surface area contributed by atoms with Crippen LogP contribution >= 0.6 is 15.9 Å². The molecule has 28 heavy (non-hydrogen) atoms. The van der Waals surface area contributed by atoms with Gasteiger partial charge < -0.3 is 14.2 Å². The molecule has 2 heterocycles. The highest BCUT2D eigenvalue weighted by atomic mass is 79.9. The summed E-state index contributed by atoms with van der Waals surface area (Å²) in [6.07, 6.45) is 0.903. The number of hydrogen-bond acceptors (Lipinski definition) is 5. The summed E-state index contributed by atoms with van der Waals surface area (Å²) in [5.41, 5.74) is 1.14. The quantitative estimate of drug-likeness (QED) is 0.577. The molecule has 8 heteroatoms. The Hall–Kier alpha value is -2.74. The molecule has 1 aliphatic rings. The molecule has 6 nitrogen and oxygen atoms in total. The lowest BCUT2D eigenvalue weighted by atomic mass is 10.1. The molecule has 1 saturated heterocycles. The van der Waals surface area contributed by atoms with Gasteiger partial charge in [-0.3, -0.25) is 4.79 Å². The number of amides is 1. The Bertz CT molecular complexity index is 1020. The lowest BCUT2D eigenvalue weighted by Gasteiger charge is -2.22. The van der Waals surface area contributed by atoms with Crippen molar-refractivity contribution in [2.45, 2.75) is 25.4 Å². The van der Waals surface area contributed by atoms with Crippen molar-refractivity contribution in [2.75, 3.05) is 7.11 Å². The summed E-state index contributed by atoms with van der Waals surface area (Å²) >= 11 is 3.24. The second-order valence-electron chi connectivity index (χ2n) is 6.47. The van der Waals surface area contributed by atoms with Crippen molar-refractivity contribution in [3.05, 3.63) is 64.2 Å². The molecule has 1 aromatic heterocycles. The van der Waals surface area contributed by atoms with Crippen molar-refractivity contribution in [1.29, 1.82) is 0 Å². The van der Waals surface area contributed by atoms with Gasteiger partial charge in [-0.2, -0.15) is 4.98 Å². The van der Waals surface area contributed by atoms with Crippen molar-refractivity contribution in [3.8, 4) is 17.1 Å². The summed E-state index contributed by atoms with van der Waals surface area (Å²) in [6.45, 7) is 0.148. The molecular weight excluding hydrogens is 429 g/mol. The smallest absolute Gasteiger partial charge is 0.249 e. The van der Waals surface area contributed by atoms with Crippen LogP contribution in [0.5, 0.6) is 5.75 Å². The van der Waals surface area contributed by atoms with E-state index >= 15 is 0 Å². The first-order chi connectivity index (χ1) is 13.6. The second kappa shape index (κ2) is 7.71. The maximum atomic E-state index is 14.2. The van der Waals surface area contributed by atoms with Crippen LogP contribution in [0.25, 0.3) is 11.4 Å². The van der Waals surface area contributed by atoms with Gasteiger partial charge in [0.05, 0.1) is 12.7 Å². The van der Waals surface area contributed by atoms with Crippen LogP contribution in [0.3, 0.4) is 0 Å². The SMILES string of the molecule is COc1ccccc1-c1noc(C2CCC(=O)N2Cc2ccc(Br)cc2F)n1. The van der Waals surface area contributed by atoms with E-state index in [0.29, 0.717) is 45.9 Å².